The maximum atomic E-state index is 12.6. The third-order valence-electron chi connectivity index (χ3n) is 8.88. The Morgan fingerprint density at radius 2 is 1.79 bits per heavy atom. The van der Waals surface area contributed by atoms with E-state index >= 15 is 0 Å². The smallest absolute Gasteiger partial charge is 0.338 e. The Balaban J connectivity index is 1.84. The molecule has 1 spiro atoms. The van der Waals surface area contributed by atoms with Crippen LogP contribution in [-0.2, 0) is 19.1 Å². The molecule has 5 aliphatic rings. The Morgan fingerprint density at radius 3 is 2.45 bits per heavy atom. The van der Waals surface area contributed by atoms with Gasteiger partial charge in [-0.3, -0.25) is 4.79 Å². The van der Waals surface area contributed by atoms with Crippen molar-refractivity contribution < 1.29 is 44.6 Å². The summed E-state index contributed by atoms with van der Waals surface area (Å²) in [6, 6.07) is 0. The molecule has 4 fully saturated rings. The molecule has 160 valence electrons. The number of esters is 1. The number of aliphatic hydroxyl groups is 5. The Bertz CT molecular complexity index is 855. The minimum atomic E-state index is -2.19. The third-order valence-corrected chi connectivity index (χ3v) is 8.88. The molecule has 3 aliphatic carbocycles. The first-order valence-electron chi connectivity index (χ1n) is 9.93. The van der Waals surface area contributed by atoms with Gasteiger partial charge in [-0.1, -0.05) is 19.4 Å². The van der Waals surface area contributed by atoms with Crippen molar-refractivity contribution in [3.63, 3.8) is 0 Å². The van der Waals surface area contributed by atoms with Gasteiger partial charge in [0.15, 0.2) is 17.7 Å². The van der Waals surface area contributed by atoms with Gasteiger partial charge in [0.2, 0.25) is 0 Å². The van der Waals surface area contributed by atoms with Crippen molar-refractivity contribution >= 4 is 11.8 Å². The molecule has 11 atom stereocenters. The van der Waals surface area contributed by atoms with Crippen molar-refractivity contribution in [1.29, 1.82) is 0 Å². The summed E-state index contributed by atoms with van der Waals surface area (Å²) in [7, 11) is 0. The van der Waals surface area contributed by atoms with Crippen molar-refractivity contribution in [3.8, 4) is 0 Å². The molecular weight excluding hydrogens is 384 g/mol. The van der Waals surface area contributed by atoms with E-state index in [-0.39, 0.29) is 13.0 Å². The van der Waals surface area contributed by atoms with Gasteiger partial charge in [0.25, 0.3) is 0 Å². The van der Waals surface area contributed by atoms with Gasteiger partial charge < -0.3 is 35.0 Å². The van der Waals surface area contributed by atoms with Crippen LogP contribution in [-0.4, -0.2) is 79.7 Å². The van der Waals surface area contributed by atoms with E-state index in [1.807, 2.05) is 0 Å². The van der Waals surface area contributed by atoms with E-state index in [2.05, 4.69) is 0 Å². The van der Waals surface area contributed by atoms with E-state index in [0.717, 1.165) is 0 Å². The number of rotatable bonds is 0. The zero-order valence-corrected chi connectivity index (χ0v) is 16.4. The fraction of sp³-hybridized carbons (Fsp3) is 0.800. The quantitative estimate of drug-likeness (QED) is 0.293. The molecule has 2 saturated heterocycles. The molecular formula is C20H26O9. The number of hydrogen-bond donors (Lipinski definition) is 5. The van der Waals surface area contributed by atoms with Gasteiger partial charge >= 0.3 is 5.97 Å². The Morgan fingerprint density at radius 1 is 1.14 bits per heavy atom. The number of hydrogen-bond acceptors (Lipinski definition) is 9. The van der Waals surface area contributed by atoms with Crippen molar-refractivity contribution in [3.05, 3.63) is 11.6 Å². The first kappa shape index (κ1) is 19.6. The predicted molar refractivity (Wildman–Crippen MR) is 93.8 cm³/mol. The maximum absolute atomic E-state index is 12.6. The zero-order chi connectivity index (χ0) is 21.3. The maximum Gasteiger partial charge on any atom is 0.338 e. The van der Waals surface area contributed by atoms with Gasteiger partial charge in [-0.25, -0.2) is 4.79 Å². The number of aliphatic hydroxyl groups excluding tert-OH is 3. The molecule has 9 heteroatoms. The van der Waals surface area contributed by atoms with Gasteiger partial charge in [-0.15, -0.1) is 0 Å². The number of ether oxygens (including phenoxy) is 2. The number of carbonyl (C=O) groups excluding carboxylic acids is 2. The molecule has 2 aliphatic heterocycles. The third kappa shape index (κ3) is 1.73. The zero-order valence-electron chi connectivity index (χ0n) is 16.4. The molecule has 5 rings (SSSR count). The lowest BCUT2D eigenvalue weighted by atomic mass is 9.36. The first-order chi connectivity index (χ1) is 13.4. The van der Waals surface area contributed by atoms with Crippen LogP contribution in [0, 0.1) is 28.6 Å². The fourth-order valence-electron chi connectivity index (χ4n) is 7.59. The van der Waals surface area contributed by atoms with Crippen molar-refractivity contribution in [2.24, 2.45) is 28.6 Å². The van der Waals surface area contributed by atoms with Crippen LogP contribution in [0.2, 0.25) is 0 Å². The second kappa shape index (κ2) is 5.27. The largest absolute Gasteiger partial charge is 0.460 e. The van der Waals surface area contributed by atoms with Crippen LogP contribution in [0.5, 0.6) is 0 Å². The monoisotopic (exact) mass is 410 g/mol. The van der Waals surface area contributed by atoms with Crippen LogP contribution in [0.25, 0.3) is 0 Å². The van der Waals surface area contributed by atoms with Gasteiger partial charge in [0, 0.05) is 17.3 Å². The molecule has 9 nitrogen and oxygen atoms in total. The average molecular weight is 410 g/mol. The molecule has 29 heavy (non-hydrogen) atoms. The second-order valence-electron chi connectivity index (χ2n) is 9.75. The minimum Gasteiger partial charge on any atom is -0.460 e. The highest BCUT2D eigenvalue weighted by molar-refractivity contribution is 5.96. The standard InChI is InChI=1S/C20H26O9/c1-7-4-10(21)13(23)17(3)9(7)5-11-18-6-28-20(27,16(17)18)12(22)8(2)19(18,26)14(24)15(25)29-11/h4,8-9,11-14,16,22-24,26-27H,5-6H2,1-3H3/t8-,9-,11+,12+,13+,14-,16+,17+,18+,19+,20-/m0/s1. The van der Waals surface area contributed by atoms with E-state index in [1.54, 1.807) is 13.8 Å². The number of ketones is 1. The van der Waals surface area contributed by atoms with Gasteiger partial charge in [-0.05, 0) is 25.3 Å². The van der Waals surface area contributed by atoms with E-state index in [0.29, 0.717) is 5.57 Å². The van der Waals surface area contributed by atoms with E-state index < -0.39 is 76.1 Å². The minimum absolute atomic E-state index is 0.183. The average Bonchev–Trinajstić information content (AvgIpc) is 2.98. The summed E-state index contributed by atoms with van der Waals surface area (Å²) in [4.78, 5) is 25.0. The summed E-state index contributed by atoms with van der Waals surface area (Å²) in [5.74, 6) is -6.52. The van der Waals surface area contributed by atoms with Gasteiger partial charge in [0.1, 0.15) is 23.9 Å². The molecule has 2 bridgehead atoms. The highest BCUT2D eigenvalue weighted by atomic mass is 16.7. The van der Waals surface area contributed by atoms with Crippen LogP contribution in [0.4, 0.5) is 0 Å². The molecule has 0 radical (unpaired) electrons. The van der Waals surface area contributed by atoms with E-state index in [1.165, 1.54) is 13.0 Å². The summed E-state index contributed by atoms with van der Waals surface area (Å²) in [5.41, 5.74) is -4.35. The van der Waals surface area contributed by atoms with Crippen LogP contribution in [0.15, 0.2) is 11.6 Å². The molecule has 5 N–H and O–H groups in total. The lowest BCUT2D eigenvalue weighted by molar-refractivity contribution is -0.375. The molecule has 0 aromatic rings. The molecule has 2 heterocycles. The lowest BCUT2D eigenvalue weighted by Gasteiger charge is -2.70. The number of fused-ring (bicyclic) bond motifs is 1. The first-order valence-corrected chi connectivity index (χ1v) is 9.93. The summed E-state index contributed by atoms with van der Waals surface area (Å²) < 4.78 is 11.2. The highest BCUT2D eigenvalue weighted by Gasteiger charge is 2.87. The van der Waals surface area contributed by atoms with Crippen LogP contribution in [0.3, 0.4) is 0 Å². The number of allylic oxidation sites excluding steroid dienone is 1. The summed E-state index contributed by atoms with van der Waals surface area (Å²) >= 11 is 0. The van der Waals surface area contributed by atoms with Crippen LogP contribution in [0.1, 0.15) is 27.2 Å². The predicted octanol–water partition coefficient (Wildman–Crippen LogP) is -1.75. The SMILES string of the molecule is CC1=CC(=O)[C@@H](O)[C@]2(C)[C@H]3[C@@]4(O)OC[C@@]35[C@@H](C[C@@H]12)OC(=O)[C@H](O)[C@]5(O)[C@@H](C)[C@H]4O. The molecule has 0 aromatic heterocycles. The highest BCUT2D eigenvalue weighted by Crippen LogP contribution is 2.74. The van der Waals surface area contributed by atoms with Gasteiger partial charge in [0.05, 0.1) is 12.0 Å². The van der Waals surface area contributed by atoms with Crippen LogP contribution >= 0.6 is 0 Å². The molecule has 0 amide bonds. The number of carbonyl (C=O) groups is 2. The van der Waals surface area contributed by atoms with Crippen molar-refractivity contribution in [1.82, 2.24) is 0 Å². The Hall–Kier alpha value is -1.36. The fourth-order valence-corrected chi connectivity index (χ4v) is 7.59. The normalized spacial score (nSPS) is 60.8. The second-order valence-corrected chi connectivity index (χ2v) is 9.75. The van der Waals surface area contributed by atoms with E-state index in [9.17, 15) is 35.1 Å². The summed E-state index contributed by atoms with van der Waals surface area (Å²) in [6.45, 7) is 4.49. The topological polar surface area (TPSA) is 154 Å². The van der Waals surface area contributed by atoms with E-state index in [4.69, 9.17) is 9.47 Å². The Kier molecular flexibility index (Phi) is 3.56. The van der Waals surface area contributed by atoms with Crippen LogP contribution < -0.4 is 0 Å². The summed E-state index contributed by atoms with van der Waals surface area (Å²) in [5, 5.41) is 56.0. The van der Waals surface area contributed by atoms with Crippen molar-refractivity contribution in [2.75, 3.05) is 6.61 Å². The lowest BCUT2D eigenvalue weighted by Crippen LogP contribution is -2.84. The molecule has 0 unspecified atom stereocenters. The van der Waals surface area contributed by atoms with Crippen molar-refractivity contribution in [2.45, 2.75) is 63.0 Å². The Labute approximate surface area is 166 Å². The molecule has 0 aromatic carbocycles. The van der Waals surface area contributed by atoms with Gasteiger partial charge in [-0.2, -0.15) is 0 Å². The summed E-state index contributed by atoms with van der Waals surface area (Å²) in [6.07, 6.45) is -4.56. The molecule has 2 saturated carbocycles.